The second-order valence-corrected chi connectivity index (χ2v) is 7.55. The Hall–Kier alpha value is -1.28. The molecule has 22 heavy (non-hydrogen) atoms. The normalized spacial score (nSPS) is 31.2. The van der Waals surface area contributed by atoms with Crippen LogP contribution >= 0.6 is 0 Å². The summed E-state index contributed by atoms with van der Waals surface area (Å²) >= 11 is 0. The van der Waals surface area contributed by atoms with Crippen molar-refractivity contribution in [1.29, 1.82) is 0 Å². The molecule has 4 rings (SSSR count). The van der Waals surface area contributed by atoms with Gasteiger partial charge in [0.05, 0.1) is 0 Å². The maximum atomic E-state index is 2.71. The largest absolute Gasteiger partial charge is 0.369 e. The van der Waals surface area contributed by atoms with Crippen LogP contribution in [0.3, 0.4) is 0 Å². The van der Waals surface area contributed by atoms with Gasteiger partial charge in [-0.15, -0.1) is 0 Å². The van der Waals surface area contributed by atoms with Gasteiger partial charge < -0.3 is 4.90 Å². The minimum absolute atomic E-state index is 0.891. The highest BCUT2D eigenvalue weighted by molar-refractivity contribution is 5.56. The Balaban J connectivity index is 1.35. The summed E-state index contributed by atoms with van der Waals surface area (Å²) in [7, 11) is 0. The van der Waals surface area contributed by atoms with Crippen LogP contribution in [0.25, 0.3) is 0 Å². The lowest BCUT2D eigenvalue weighted by atomic mass is 9.93. The van der Waals surface area contributed by atoms with Gasteiger partial charge in [0, 0.05) is 38.4 Å². The van der Waals surface area contributed by atoms with Crippen molar-refractivity contribution in [3.63, 3.8) is 0 Å². The molecule has 0 N–H and O–H groups in total. The number of allylic oxidation sites excluding steroid dienone is 2. The van der Waals surface area contributed by atoms with Gasteiger partial charge in [-0.2, -0.15) is 0 Å². The number of aryl methyl sites for hydroxylation is 1. The number of rotatable bonds is 3. The van der Waals surface area contributed by atoms with E-state index in [1.807, 2.05) is 0 Å². The summed E-state index contributed by atoms with van der Waals surface area (Å²) in [6, 6.07) is 6.71. The maximum Gasteiger partial charge on any atom is 0.0399 e. The highest BCUT2D eigenvalue weighted by Crippen LogP contribution is 2.43. The molecule has 3 atom stereocenters. The van der Waals surface area contributed by atoms with E-state index in [1.54, 1.807) is 0 Å². The van der Waals surface area contributed by atoms with Crippen molar-refractivity contribution < 1.29 is 0 Å². The quantitative estimate of drug-likeness (QED) is 0.786. The molecule has 0 radical (unpaired) electrons. The third-order valence-corrected chi connectivity index (χ3v) is 6.20. The molecule has 2 bridgehead atoms. The summed E-state index contributed by atoms with van der Waals surface area (Å²) in [5, 5.41) is 0. The molecule has 3 aliphatic rings. The second kappa shape index (κ2) is 5.73. The van der Waals surface area contributed by atoms with E-state index in [9.17, 15) is 0 Å². The van der Waals surface area contributed by atoms with E-state index in [2.05, 4.69) is 54.0 Å². The van der Waals surface area contributed by atoms with Gasteiger partial charge in [0.1, 0.15) is 0 Å². The molecule has 1 aromatic carbocycles. The standard InChI is InChI=1S/C20H28N2/c1-15-4-3-5-20(16(15)2)22-10-8-21(9-11-22)14-19-13-17-6-7-18(19)12-17/h3-7,17-19H,8-14H2,1-2H3. The van der Waals surface area contributed by atoms with Crippen molar-refractivity contribution >= 4 is 5.69 Å². The Bertz CT molecular complexity index is 569. The molecule has 1 aromatic rings. The molecule has 1 heterocycles. The van der Waals surface area contributed by atoms with Crippen LogP contribution in [-0.2, 0) is 0 Å². The summed E-state index contributed by atoms with van der Waals surface area (Å²) in [4.78, 5) is 5.29. The molecule has 1 aliphatic heterocycles. The molecular formula is C20H28N2. The average Bonchev–Trinajstić information content (AvgIpc) is 3.14. The zero-order valence-electron chi connectivity index (χ0n) is 14.0. The molecule has 2 fully saturated rings. The van der Waals surface area contributed by atoms with Crippen LogP contribution in [0.5, 0.6) is 0 Å². The van der Waals surface area contributed by atoms with Gasteiger partial charge in [-0.1, -0.05) is 24.3 Å². The first-order chi connectivity index (χ1) is 10.7. The van der Waals surface area contributed by atoms with Crippen molar-refractivity contribution in [2.75, 3.05) is 37.6 Å². The van der Waals surface area contributed by atoms with E-state index in [1.165, 1.54) is 62.4 Å². The van der Waals surface area contributed by atoms with Crippen molar-refractivity contribution in [3.8, 4) is 0 Å². The van der Waals surface area contributed by atoms with E-state index in [4.69, 9.17) is 0 Å². The zero-order valence-corrected chi connectivity index (χ0v) is 14.0. The Morgan fingerprint density at radius 1 is 1.00 bits per heavy atom. The lowest BCUT2D eigenvalue weighted by Crippen LogP contribution is -2.48. The van der Waals surface area contributed by atoms with E-state index < -0.39 is 0 Å². The lowest BCUT2D eigenvalue weighted by molar-refractivity contribution is 0.204. The number of hydrogen-bond donors (Lipinski definition) is 0. The summed E-state index contributed by atoms with van der Waals surface area (Å²) < 4.78 is 0. The number of hydrogen-bond acceptors (Lipinski definition) is 2. The first kappa shape index (κ1) is 14.3. The van der Waals surface area contributed by atoms with E-state index in [0.717, 1.165) is 17.8 Å². The minimum atomic E-state index is 0.891. The highest BCUT2D eigenvalue weighted by atomic mass is 15.3. The Morgan fingerprint density at radius 2 is 1.82 bits per heavy atom. The number of benzene rings is 1. The molecular weight excluding hydrogens is 268 g/mol. The lowest BCUT2D eigenvalue weighted by Gasteiger charge is -2.38. The van der Waals surface area contributed by atoms with E-state index in [0.29, 0.717) is 0 Å². The van der Waals surface area contributed by atoms with Gasteiger partial charge in [0.25, 0.3) is 0 Å². The third kappa shape index (κ3) is 2.58. The highest BCUT2D eigenvalue weighted by Gasteiger charge is 2.36. The fraction of sp³-hybridized carbons (Fsp3) is 0.600. The molecule has 1 saturated heterocycles. The molecule has 2 nitrogen and oxygen atoms in total. The average molecular weight is 296 g/mol. The van der Waals surface area contributed by atoms with Gasteiger partial charge in [0.15, 0.2) is 0 Å². The van der Waals surface area contributed by atoms with Crippen molar-refractivity contribution in [3.05, 3.63) is 41.5 Å². The molecule has 118 valence electrons. The van der Waals surface area contributed by atoms with Crippen LogP contribution in [0.4, 0.5) is 5.69 Å². The van der Waals surface area contributed by atoms with Gasteiger partial charge >= 0.3 is 0 Å². The van der Waals surface area contributed by atoms with Gasteiger partial charge in [-0.25, -0.2) is 0 Å². The summed E-state index contributed by atoms with van der Waals surface area (Å²) in [5.74, 6) is 2.73. The van der Waals surface area contributed by atoms with Crippen LogP contribution in [0.1, 0.15) is 24.0 Å². The van der Waals surface area contributed by atoms with Gasteiger partial charge in [-0.05, 0) is 61.6 Å². The smallest absolute Gasteiger partial charge is 0.0399 e. The number of anilines is 1. The van der Waals surface area contributed by atoms with E-state index >= 15 is 0 Å². The van der Waals surface area contributed by atoms with Crippen molar-refractivity contribution in [1.82, 2.24) is 4.90 Å². The minimum Gasteiger partial charge on any atom is -0.369 e. The Labute approximate surface area is 134 Å². The molecule has 0 amide bonds. The SMILES string of the molecule is Cc1cccc(N2CCN(CC3CC4C=CC3C4)CC2)c1C. The molecule has 2 heteroatoms. The van der Waals surface area contributed by atoms with Crippen LogP contribution < -0.4 is 4.90 Å². The number of nitrogens with zero attached hydrogens (tertiary/aromatic N) is 2. The zero-order chi connectivity index (χ0) is 15.1. The maximum absolute atomic E-state index is 2.71. The van der Waals surface area contributed by atoms with Crippen LogP contribution in [0, 0.1) is 31.6 Å². The second-order valence-electron chi connectivity index (χ2n) is 7.55. The molecule has 0 aromatic heterocycles. The first-order valence-electron chi connectivity index (χ1n) is 8.92. The first-order valence-corrected chi connectivity index (χ1v) is 8.92. The Kier molecular flexibility index (Phi) is 3.73. The fourth-order valence-electron chi connectivity index (χ4n) is 4.69. The van der Waals surface area contributed by atoms with Crippen LogP contribution in [0.15, 0.2) is 30.4 Å². The monoisotopic (exact) mass is 296 g/mol. The predicted octanol–water partition coefficient (Wildman–Crippen LogP) is 3.64. The van der Waals surface area contributed by atoms with Crippen molar-refractivity contribution in [2.45, 2.75) is 26.7 Å². The van der Waals surface area contributed by atoms with Gasteiger partial charge in [0.2, 0.25) is 0 Å². The number of piperazine rings is 1. The van der Waals surface area contributed by atoms with Crippen LogP contribution in [-0.4, -0.2) is 37.6 Å². The Morgan fingerprint density at radius 3 is 2.50 bits per heavy atom. The molecule has 3 unspecified atom stereocenters. The van der Waals surface area contributed by atoms with Gasteiger partial charge in [-0.3, -0.25) is 4.90 Å². The summed E-state index contributed by atoms with van der Waals surface area (Å²) in [6.07, 6.45) is 7.83. The molecule has 0 spiro atoms. The van der Waals surface area contributed by atoms with Crippen LogP contribution in [0.2, 0.25) is 0 Å². The van der Waals surface area contributed by atoms with E-state index in [-0.39, 0.29) is 0 Å². The fourth-order valence-corrected chi connectivity index (χ4v) is 4.69. The predicted molar refractivity (Wildman–Crippen MR) is 93.4 cm³/mol. The summed E-state index contributed by atoms with van der Waals surface area (Å²) in [6.45, 7) is 10.6. The number of fused-ring (bicyclic) bond motifs is 2. The topological polar surface area (TPSA) is 6.48 Å². The summed E-state index contributed by atoms with van der Waals surface area (Å²) in [5.41, 5.74) is 4.31. The van der Waals surface area contributed by atoms with Crippen molar-refractivity contribution in [2.24, 2.45) is 17.8 Å². The molecule has 2 aliphatic carbocycles. The molecule has 1 saturated carbocycles. The third-order valence-electron chi connectivity index (χ3n) is 6.20.